The molecule has 0 spiro atoms. The lowest BCUT2D eigenvalue weighted by atomic mass is 10.1. The van der Waals surface area contributed by atoms with Crippen molar-refractivity contribution in [3.63, 3.8) is 0 Å². The number of amides is 1. The Labute approximate surface area is 171 Å². The van der Waals surface area contributed by atoms with Crippen LogP contribution >= 0.6 is 0 Å². The summed E-state index contributed by atoms with van der Waals surface area (Å²) in [5.74, 6) is 0.914. The van der Waals surface area contributed by atoms with E-state index in [-0.39, 0.29) is 5.91 Å². The topological polar surface area (TPSA) is 50.8 Å². The molecule has 0 aromatic heterocycles. The molecule has 0 radical (unpaired) electrons. The third-order valence-electron chi connectivity index (χ3n) is 4.73. The first-order valence-electron chi connectivity index (χ1n) is 9.57. The molecule has 3 aromatic carbocycles. The number of hydrogen-bond donors (Lipinski definition) is 1. The summed E-state index contributed by atoms with van der Waals surface area (Å²) in [6.07, 6.45) is 0. The first-order chi connectivity index (χ1) is 14.1. The fourth-order valence-corrected chi connectivity index (χ4v) is 3.13. The zero-order valence-electron chi connectivity index (χ0n) is 17.0. The Bertz CT molecular complexity index is 940. The summed E-state index contributed by atoms with van der Waals surface area (Å²) >= 11 is 0. The molecule has 1 N–H and O–H groups in total. The summed E-state index contributed by atoms with van der Waals surface area (Å²) < 4.78 is 10.5. The smallest absolute Gasteiger partial charge is 0.255 e. The van der Waals surface area contributed by atoms with E-state index in [0.29, 0.717) is 17.1 Å². The van der Waals surface area contributed by atoms with Crippen molar-refractivity contribution in [2.75, 3.05) is 31.0 Å². The molecule has 1 amide bonds. The first-order valence-corrected chi connectivity index (χ1v) is 9.57. The lowest BCUT2D eigenvalue weighted by Gasteiger charge is -2.23. The minimum atomic E-state index is -0.199. The zero-order chi connectivity index (χ0) is 20.6. The summed E-state index contributed by atoms with van der Waals surface area (Å²) in [5.41, 5.74) is 3.62. The molecule has 0 saturated carbocycles. The Hall–Kier alpha value is -3.47. The molecule has 0 saturated heterocycles. The zero-order valence-corrected chi connectivity index (χ0v) is 17.0. The molecule has 0 aliphatic carbocycles. The van der Waals surface area contributed by atoms with Gasteiger partial charge in [-0.05, 0) is 55.0 Å². The summed E-state index contributed by atoms with van der Waals surface area (Å²) in [7, 11) is 3.11. The second kappa shape index (κ2) is 9.64. The maximum absolute atomic E-state index is 12.6. The predicted molar refractivity (Wildman–Crippen MR) is 117 cm³/mol. The largest absolute Gasteiger partial charge is 0.493 e. The van der Waals surface area contributed by atoms with Crippen LogP contribution in [0.15, 0.2) is 72.8 Å². The van der Waals surface area contributed by atoms with Gasteiger partial charge in [-0.3, -0.25) is 4.79 Å². The summed E-state index contributed by atoms with van der Waals surface area (Å²) in [4.78, 5) is 14.9. The third kappa shape index (κ3) is 5.08. The third-order valence-corrected chi connectivity index (χ3v) is 4.73. The van der Waals surface area contributed by atoms with Crippen molar-refractivity contribution in [2.45, 2.75) is 13.5 Å². The van der Waals surface area contributed by atoms with E-state index >= 15 is 0 Å². The first kappa shape index (κ1) is 20.3. The monoisotopic (exact) mass is 390 g/mol. The molecule has 0 heterocycles. The van der Waals surface area contributed by atoms with Crippen molar-refractivity contribution in [2.24, 2.45) is 0 Å². The lowest BCUT2D eigenvalue weighted by Crippen LogP contribution is -2.21. The van der Waals surface area contributed by atoms with Crippen LogP contribution in [0, 0.1) is 0 Å². The molecule has 0 atom stereocenters. The normalized spacial score (nSPS) is 10.3. The van der Waals surface area contributed by atoms with Gasteiger partial charge in [0.05, 0.1) is 14.2 Å². The summed E-state index contributed by atoms with van der Waals surface area (Å²) in [5, 5.41) is 2.93. The van der Waals surface area contributed by atoms with Crippen LogP contribution in [0.5, 0.6) is 11.5 Å². The number of nitrogens with zero attached hydrogens (tertiary/aromatic N) is 1. The molecule has 3 aromatic rings. The van der Waals surface area contributed by atoms with E-state index in [9.17, 15) is 4.79 Å². The van der Waals surface area contributed by atoms with Crippen LogP contribution in [0.3, 0.4) is 0 Å². The second-order valence-electron chi connectivity index (χ2n) is 6.57. The average molecular weight is 390 g/mol. The number of ether oxygens (including phenoxy) is 2. The maximum Gasteiger partial charge on any atom is 0.255 e. The highest BCUT2D eigenvalue weighted by Gasteiger charge is 2.12. The number of rotatable bonds is 8. The van der Waals surface area contributed by atoms with Gasteiger partial charge in [0.25, 0.3) is 5.91 Å². The predicted octanol–water partition coefficient (Wildman–Crippen LogP) is 4.98. The number of benzene rings is 3. The molecular formula is C24H26N2O3. The fourth-order valence-electron chi connectivity index (χ4n) is 3.13. The van der Waals surface area contributed by atoms with Crippen molar-refractivity contribution >= 4 is 17.3 Å². The minimum absolute atomic E-state index is 0.199. The summed E-state index contributed by atoms with van der Waals surface area (Å²) in [6, 6.07) is 23.4. The van der Waals surface area contributed by atoms with Crippen LogP contribution in [-0.4, -0.2) is 26.7 Å². The van der Waals surface area contributed by atoms with Gasteiger partial charge >= 0.3 is 0 Å². The van der Waals surface area contributed by atoms with Crippen molar-refractivity contribution in [1.82, 2.24) is 0 Å². The van der Waals surface area contributed by atoms with Gasteiger partial charge in [0, 0.05) is 30.0 Å². The van der Waals surface area contributed by atoms with Crippen LogP contribution in [0.1, 0.15) is 22.8 Å². The van der Waals surface area contributed by atoms with E-state index in [0.717, 1.165) is 24.5 Å². The van der Waals surface area contributed by atoms with Crippen LogP contribution in [-0.2, 0) is 6.54 Å². The van der Waals surface area contributed by atoms with Gasteiger partial charge in [0.2, 0.25) is 0 Å². The van der Waals surface area contributed by atoms with E-state index in [1.165, 1.54) is 5.56 Å². The number of anilines is 2. The van der Waals surface area contributed by atoms with Crippen molar-refractivity contribution in [3.8, 4) is 11.5 Å². The van der Waals surface area contributed by atoms with Gasteiger partial charge in [-0.15, -0.1) is 0 Å². The molecule has 5 heteroatoms. The van der Waals surface area contributed by atoms with Crippen LogP contribution in [0.4, 0.5) is 11.4 Å². The SMILES string of the molecule is CCN(Cc1ccccc1)c1ccc(NC(=O)c2ccc(OC)c(OC)c2)cc1. The van der Waals surface area contributed by atoms with E-state index in [2.05, 4.69) is 41.4 Å². The number of carbonyl (C=O) groups excluding carboxylic acids is 1. The molecule has 5 nitrogen and oxygen atoms in total. The van der Waals surface area contributed by atoms with Crippen LogP contribution in [0.25, 0.3) is 0 Å². The van der Waals surface area contributed by atoms with Crippen molar-refractivity contribution < 1.29 is 14.3 Å². The number of carbonyl (C=O) groups is 1. The molecule has 0 unspecified atom stereocenters. The molecule has 3 rings (SSSR count). The maximum atomic E-state index is 12.6. The van der Waals surface area contributed by atoms with Crippen molar-refractivity contribution in [3.05, 3.63) is 83.9 Å². The van der Waals surface area contributed by atoms with Gasteiger partial charge < -0.3 is 19.7 Å². The quantitative estimate of drug-likeness (QED) is 0.589. The van der Waals surface area contributed by atoms with Crippen LogP contribution in [0.2, 0.25) is 0 Å². The van der Waals surface area contributed by atoms with Crippen molar-refractivity contribution in [1.29, 1.82) is 0 Å². The Morgan fingerprint density at radius 2 is 1.59 bits per heavy atom. The van der Waals surface area contributed by atoms with E-state index in [1.54, 1.807) is 32.4 Å². The molecule has 0 aliphatic rings. The highest BCUT2D eigenvalue weighted by atomic mass is 16.5. The molecule has 29 heavy (non-hydrogen) atoms. The molecule has 0 fully saturated rings. The Morgan fingerprint density at radius 3 is 2.21 bits per heavy atom. The highest BCUT2D eigenvalue weighted by molar-refractivity contribution is 6.04. The Balaban J connectivity index is 1.69. The van der Waals surface area contributed by atoms with Gasteiger partial charge in [0.1, 0.15) is 0 Å². The van der Waals surface area contributed by atoms with Gasteiger partial charge in [-0.1, -0.05) is 30.3 Å². The Morgan fingerprint density at radius 1 is 0.897 bits per heavy atom. The lowest BCUT2D eigenvalue weighted by molar-refractivity contribution is 0.102. The molecule has 150 valence electrons. The number of methoxy groups -OCH3 is 2. The summed E-state index contributed by atoms with van der Waals surface area (Å²) in [6.45, 7) is 3.87. The van der Waals surface area contributed by atoms with E-state index in [1.807, 2.05) is 30.3 Å². The Kier molecular flexibility index (Phi) is 6.74. The average Bonchev–Trinajstić information content (AvgIpc) is 2.78. The second-order valence-corrected chi connectivity index (χ2v) is 6.57. The fraction of sp³-hybridized carbons (Fsp3) is 0.208. The van der Waals surface area contributed by atoms with Gasteiger partial charge in [-0.25, -0.2) is 0 Å². The standard InChI is InChI=1S/C24H26N2O3/c1-4-26(17-18-8-6-5-7-9-18)21-13-11-20(12-14-21)25-24(27)19-10-15-22(28-2)23(16-19)29-3/h5-16H,4,17H2,1-3H3,(H,25,27). The number of hydrogen-bond acceptors (Lipinski definition) is 4. The molecule has 0 bridgehead atoms. The van der Waals surface area contributed by atoms with E-state index in [4.69, 9.17) is 9.47 Å². The highest BCUT2D eigenvalue weighted by Crippen LogP contribution is 2.28. The van der Waals surface area contributed by atoms with Gasteiger partial charge in [-0.2, -0.15) is 0 Å². The van der Waals surface area contributed by atoms with Gasteiger partial charge in [0.15, 0.2) is 11.5 Å². The number of nitrogens with one attached hydrogen (secondary N) is 1. The van der Waals surface area contributed by atoms with E-state index < -0.39 is 0 Å². The minimum Gasteiger partial charge on any atom is -0.493 e. The van der Waals surface area contributed by atoms with Crippen LogP contribution < -0.4 is 19.7 Å². The molecular weight excluding hydrogens is 364 g/mol. The molecule has 0 aliphatic heterocycles.